The van der Waals surface area contributed by atoms with Gasteiger partial charge in [0.2, 0.25) is 0 Å². The molecule has 0 saturated carbocycles. The molecule has 2 aromatic rings. The van der Waals surface area contributed by atoms with Gasteiger partial charge in [0.15, 0.2) is 0 Å². The van der Waals surface area contributed by atoms with Crippen LogP contribution >= 0.6 is 0 Å². The molecule has 3 heteroatoms. The lowest BCUT2D eigenvalue weighted by molar-refractivity contribution is 0.282. The molecule has 0 aliphatic rings. The fourth-order valence-electron chi connectivity index (χ4n) is 4.08. The number of aliphatic hydroxyl groups excluding tert-OH is 1. The van der Waals surface area contributed by atoms with Gasteiger partial charge in [0, 0.05) is 18.1 Å². The smallest absolute Gasteiger partial charge is 0.126 e. The summed E-state index contributed by atoms with van der Waals surface area (Å²) in [5.41, 5.74) is 6.01. The van der Waals surface area contributed by atoms with Crippen LogP contribution in [-0.2, 0) is 0 Å². The van der Waals surface area contributed by atoms with E-state index in [1.165, 1.54) is 16.7 Å². The van der Waals surface area contributed by atoms with E-state index >= 15 is 0 Å². The largest absolute Gasteiger partial charge is 0.496 e. The number of rotatable bonds is 10. The fraction of sp³-hybridized carbons (Fsp3) is 0.500. The molecule has 0 aromatic heterocycles. The summed E-state index contributed by atoms with van der Waals surface area (Å²) >= 11 is 0. The standard InChI is InChI=1S/C24H34O3/c1-17-18(2)24(27-5)22(19(3)23(17)26-4)21(15-11-6-7-12-16-25)20-13-9-8-10-14-20/h8-10,13-14,21,25H,6-7,11-12,15-16H2,1-5H3. The second-order valence-corrected chi connectivity index (χ2v) is 7.24. The van der Waals surface area contributed by atoms with Crippen LogP contribution in [0.5, 0.6) is 11.5 Å². The number of hydrogen-bond donors (Lipinski definition) is 1. The van der Waals surface area contributed by atoms with Crippen molar-refractivity contribution in [3.63, 3.8) is 0 Å². The highest BCUT2D eigenvalue weighted by atomic mass is 16.5. The topological polar surface area (TPSA) is 38.7 Å². The van der Waals surface area contributed by atoms with Crippen LogP contribution in [0, 0.1) is 20.8 Å². The van der Waals surface area contributed by atoms with E-state index in [-0.39, 0.29) is 12.5 Å². The van der Waals surface area contributed by atoms with E-state index in [9.17, 15) is 0 Å². The molecular formula is C24H34O3. The maximum atomic E-state index is 9.02. The lowest BCUT2D eigenvalue weighted by Crippen LogP contribution is -2.10. The first-order valence-corrected chi connectivity index (χ1v) is 9.94. The third kappa shape index (κ3) is 4.84. The molecule has 0 fully saturated rings. The highest BCUT2D eigenvalue weighted by molar-refractivity contribution is 5.60. The molecule has 0 heterocycles. The van der Waals surface area contributed by atoms with Crippen LogP contribution in [0.4, 0.5) is 0 Å². The van der Waals surface area contributed by atoms with E-state index in [4.69, 9.17) is 14.6 Å². The molecule has 0 spiro atoms. The second-order valence-electron chi connectivity index (χ2n) is 7.24. The summed E-state index contributed by atoms with van der Waals surface area (Å²) < 4.78 is 11.7. The van der Waals surface area contributed by atoms with E-state index in [1.54, 1.807) is 14.2 Å². The molecule has 0 aliphatic heterocycles. The number of aliphatic hydroxyl groups is 1. The van der Waals surface area contributed by atoms with Crippen LogP contribution in [0.3, 0.4) is 0 Å². The quantitative estimate of drug-likeness (QED) is 0.545. The second kappa shape index (κ2) is 10.4. The molecule has 0 saturated heterocycles. The number of hydrogen-bond acceptors (Lipinski definition) is 3. The highest BCUT2D eigenvalue weighted by Crippen LogP contribution is 2.45. The predicted octanol–water partition coefficient (Wildman–Crippen LogP) is 5.70. The minimum absolute atomic E-state index is 0.267. The van der Waals surface area contributed by atoms with Gasteiger partial charge < -0.3 is 14.6 Å². The van der Waals surface area contributed by atoms with Crippen molar-refractivity contribution in [2.24, 2.45) is 0 Å². The highest BCUT2D eigenvalue weighted by Gasteiger charge is 2.26. The average molecular weight is 371 g/mol. The number of unbranched alkanes of at least 4 members (excludes halogenated alkanes) is 3. The van der Waals surface area contributed by atoms with Crippen molar-refractivity contribution in [1.29, 1.82) is 0 Å². The van der Waals surface area contributed by atoms with Crippen molar-refractivity contribution in [3.8, 4) is 11.5 Å². The molecule has 0 amide bonds. The van der Waals surface area contributed by atoms with Gasteiger partial charge in [-0.2, -0.15) is 0 Å². The Hall–Kier alpha value is -2.00. The summed E-state index contributed by atoms with van der Waals surface area (Å²) in [5, 5.41) is 9.02. The average Bonchev–Trinajstić information content (AvgIpc) is 2.69. The van der Waals surface area contributed by atoms with Gasteiger partial charge in [-0.25, -0.2) is 0 Å². The normalized spacial score (nSPS) is 12.1. The Labute approximate surface area is 164 Å². The van der Waals surface area contributed by atoms with Gasteiger partial charge in [-0.3, -0.25) is 0 Å². The number of methoxy groups -OCH3 is 2. The minimum atomic E-state index is 0.267. The molecule has 0 bridgehead atoms. The Bertz CT molecular complexity index is 722. The third-order valence-corrected chi connectivity index (χ3v) is 5.59. The van der Waals surface area contributed by atoms with Crippen LogP contribution in [0.15, 0.2) is 30.3 Å². The minimum Gasteiger partial charge on any atom is -0.496 e. The maximum absolute atomic E-state index is 9.02. The summed E-state index contributed by atoms with van der Waals surface area (Å²) in [6.07, 6.45) is 5.27. The van der Waals surface area contributed by atoms with E-state index in [1.807, 2.05) is 0 Å². The Morgan fingerprint density at radius 3 is 1.96 bits per heavy atom. The summed E-state index contributed by atoms with van der Waals surface area (Å²) in [6, 6.07) is 10.7. The van der Waals surface area contributed by atoms with Crippen molar-refractivity contribution >= 4 is 0 Å². The molecule has 1 atom stereocenters. The van der Waals surface area contributed by atoms with Gasteiger partial charge >= 0.3 is 0 Å². The Kier molecular flexibility index (Phi) is 8.18. The van der Waals surface area contributed by atoms with Crippen molar-refractivity contribution in [3.05, 3.63) is 58.1 Å². The number of ether oxygens (including phenoxy) is 2. The van der Waals surface area contributed by atoms with Crippen molar-refractivity contribution in [2.75, 3.05) is 20.8 Å². The van der Waals surface area contributed by atoms with Gasteiger partial charge in [-0.05, 0) is 55.9 Å². The van der Waals surface area contributed by atoms with E-state index < -0.39 is 0 Å². The Balaban J connectivity index is 2.50. The monoisotopic (exact) mass is 370 g/mol. The zero-order valence-corrected chi connectivity index (χ0v) is 17.5. The van der Waals surface area contributed by atoms with Crippen LogP contribution < -0.4 is 9.47 Å². The Morgan fingerprint density at radius 1 is 0.778 bits per heavy atom. The van der Waals surface area contributed by atoms with Crippen molar-refractivity contribution in [2.45, 2.75) is 58.8 Å². The molecule has 3 nitrogen and oxygen atoms in total. The van der Waals surface area contributed by atoms with Crippen LogP contribution in [0.1, 0.15) is 65.8 Å². The first kappa shape index (κ1) is 21.3. The summed E-state index contributed by atoms with van der Waals surface area (Å²) in [7, 11) is 3.51. The van der Waals surface area contributed by atoms with Crippen molar-refractivity contribution in [1.82, 2.24) is 0 Å². The van der Waals surface area contributed by atoms with Crippen LogP contribution in [0.25, 0.3) is 0 Å². The summed E-state index contributed by atoms with van der Waals surface area (Å²) in [4.78, 5) is 0. The fourth-order valence-corrected chi connectivity index (χ4v) is 4.08. The Morgan fingerprint density at radius 2 is 1.37 bits per heavy atom. The lowest BCUT2D eigenvalue weighted by atomic mass is 9.81. The molecule has 2 rings (SSSR count). The molecule has 1 N–H and O–H groups in total. The van der Waals surface area contributed by atoms with Crippen molar-refractivity contribution < 1.29 is 14.6 Å². The third-order valence-electron chi connectivity index (χ3n) is 5.59. The molecule has 2 aromatic carbocycles. The van der Waals surface area contributed by atoms with Crippen LogP contribution in [0.2, 0.25) is 0 Å². The predicted molar refractivity (Wildman–Crippen MR) is 112 cm³/mol. The van der Waals surface area contributed by atoms with Gasteiger partial charge in [0.05, 0.1) is 14.2 Å². The molecule has 0 radical (unpaired) electrons. The molecule has 0 aliphatic carbocycles. The zero-order chi connectivity index (χ0) is 19.8. The first-order valence-electron chi connectivity index (χ1n) is 9.94. The first-order chi connectivity index (χ1) is 13.1. The molecule has 27 heavy (non-hydrogen) atoms. The van der Waals surface area contributed by atoms with E-state index in [2.05, 4.69) is 51.1 Å². The molecule has 1 unspecified atom stereocenters. The van der Waals surface area contributed by atoms with Gasteiger partial charge in [0.1, 0.15) is 11.5 Å². The molecular weight excluding hydrogens is 336 g/mol. The summed E-state index contributed by atoms with van der Waals surface area (Å²) in [5.74, 6) is 2.21. The molecule has 148 valence electrons. The maximum Gasteiger partial charge on any atom is 0.126 e. The van der Waals surface area contributed by atoms with E-state index in [0.717, 1.165) is 54.7 Å². The van der Waals surface area contributed by atoms with Crippen LogP contribution in [-0.4, -0.2) is 25.9 Å². The van der Waals surface area contributed by atoms with Gasteiger partial charge in [-0.15, -0.1) is 0 Å². The van der Waals surface area contributed by atoms with Gasteiger partial charge in [0.25, 0.3) is 0 Å². The number of benzene rings is 2. The summed E-state index contributed by atoms with van der Waals surface area (Å²) in [6.45, 7) is 6.64. The van der Waals surface area contributed by atoms with Gasteiger partial charge in [-0.1, -0.05) is 49.6 Å². The lowest BCUT2D eigenvalue weighted by Gasteiger charge is -2.27. The zero-order valence-electron chi connectivity index (χ0n) is 17.5. The SMILES string of the molecule is COc1c(C)c(C)c(OC)c(C(CCCCCCO)c2ccccc2)c1C. The van der Waals surface area contributed by atoms with E-state index in [0.29, 0.717) is 0 Å².